The minimum absolute atomic E-state index is 0.0131. The van der Waals surface area contributed by atoms with E-state index in [-0.39, 0.29) is 44.9 Å². The van der Waals surface area contributed by atoms with Gasteiger partial charge in [-0.3, -0.25) is 9.59 Å². The van der Waals surface area contributed by atoms with Gasteiger partial charge < -0.3 is 19.2 Å². The first-order valence-corrected chi connectivity index (χ1v) is 10.8. The fourth-order valence-corrected chi connectivity index (χ4v) is 4.06. The van der Waals surface area contributed by atoms with Gasteiger partial charge >= 0.3 is 0 Å². The Morgan fingerprint density at radius 3 is 2.84 bits per heavy atom. The predicted molar refractivity (Wildman–Crippen MR) is 120 cm³/mol. The van der Waals surface area contributed by atoms with Gasteiger partial charge in [-0.15, -0.1) is 0 Å². The Labute approximate surface area is 189 Å². The summed E-state index contributed by atoms with van der Waals surface area (Å²) in [6.07, 6.45) is 1.22. The maximum Gasteiger partial charge on any atom is 0.260 e. The first-order chi connectivity index (χ1) is 15.3. The number of carbonyl (C=O) groups is 1. The molecular weight excluding hydrogens is 437 g/mol. The van der Waals surface area contributed by atoms with Crippen molar-refractivity contribution in [2.75, 3.05) is 13.2 Å². The van der Waals surface area contributed by atoms with Crippen LogP contribution in [0.2, 0.25) is 5.02 Å². The second kappa shape index (κ2) is 9.30. The molecule has 32 heavy (non-hydrogen) atoms. The zero-order valence-corrected chi connectivity index (χ0v) is 18.5. The van der Waals surface area contributed by atoms with Crippen LogP contribution in [0.4, 0.5) is 4.39 Å². The third kappa shape index (κ3) is 4.49. The number of fused-ring (bicyclic) bond motifs is 1. The summed E-state index contributed by atoms with van der Waals surface area (Å²) in [4.78, 5) is 25.4. The average molecular weight is 460 g/mol. The summed E-state index contributed by atoms with van der Waals surface area (Å²) < 4.78 is 31.5. The maximum absolute atomic E-state index is 14.4. The lowest BCUT2D eigenvalue weighted by molar-refractivity contribution is -0.127. The molecule has 1 aliphatic heterocycles. The lowest BCUT2D eigenvalue weighted by Crippen LogP contribution is -2.40. The number of benzene rings is 2. The molecule has 4 rings (SSSR count). The number of nitrogens with one attached hydrogen (secondary N) is 1. The molecule has 2 atom stereocenters. The highest BCUT2D eigenvalue weighted by Gasteiger charge is 2.22. The van der Waals surface area contributed by atoms with Crippen molar-refractivity contribution in [3.8, 4) is 16.9 Å². The van der Waals surface area contributed by atoms with Crippen LogP contribution < -0.4 is 15.5 Å². The van der Waals surface area contributed by atoms with Crippen molar-refractivity contribution in [2.24, 2.45) is 0 Å². The molecule has 0 aliphatic carbocycles. The molecule has 1 fully saturated rings. The Kier molecular flexibility index (Phi) is 6.48. The van der Waals surface area contributed by atoms with E-state index in [0.29, 0.717) is 12.3 Å². The number of hydrogen-bond acceptors (Lipinski definition) is 5. The van der Waals surface area contributed by atoms with Crippen molar-refractivity contribution in [2.45, 2.75) is 38.9 Å². The molecule has 168 valence electrons. The molecule has 0 bridgehead atoms. The third-order valence-corrected chi connectivity index (χ3v) is 5.78. The molecule has 0 radical (unpaired) electrons. The van der Waals surface area contributed by atoms with Crippen molar-refractivity contribution in [3.05, 3.63) is 63.2 Å². The second-order valence-electron chi connectivity index (χ2n) is 7.76. The fourth-order valence-electron chi connectivity index (χ4n) is 3.81. The van der Waals surface area contributed by atoms with E-state index in [4.69, 9.17) is 25.5 Å². The molecule has 1 aliphatic rings. The van der Waals surface area contributed by atoms with Crippen LogP contribution in [0.1, 0.15) is 25.5 Å². The maximum atomic E-state index is 14.4. The summed E-state index contributed by atoms with van der Waals surface area (Å²) >= 11 is 6.15. The first-order valence-electron chi connectivity index (χ1n) is 10.4. The Bertz CT molecular complexity index is 1200. The van der Waals surface area contributed by atoms with Gasteiger partial charge in [0, 0.05) is 24.8 Å². The molecule has 0 unspecified atom stereocenters. The number of hydrogen-bond donors (Lipinski definition) is 1. The van der Waals surface area contributed by atoms with Gasteiger partial charge in [0.25, 0.3) is 5.91 Å². The first kappa shape index (κ1) is 22.3. The van der Waals surface area contributed by atoms with Gasteiger partial charge in [0.1, 0.15) is 22.9 Å². The average Bonchev–Trinajstić information content (AvgIpc) is 3.27. The van der Waals surface area contributed by atoms with E-state index in [1.54, 1.807) is 26.0 Å². The Morgan fingerprint density at radius 2 is 2.12 bits per heavy atom. The number of aryl methyl sites for hydroxylation is 1. The monoisotopic (exact) mass is 459 g/mol. The number of carbonyl (C=O) groups excluding carboxylic acids is 1. The summed E-state index contributed by atoms with van der Waals surface area (Å²) in [6.45, 7) is 4.38. The fraction of sp³-hybridized carbons (Fsp3) is 0.333. The van der Waals surface area contributed by atoms with E-state index >= 15 is 0 Å². The lowest BCUT2D eigenvalue weighted by atomic mass is 10.0. The van der Waals surface area contributed by atoms with Gasteiger partial charge in [-0.1, -0.05) is 17.7 Å². The minimum Gasteiger partial charge on any atom is -0.481 e. The van der Waals surface area contributed by atoms with E-state index < -0.39 is 17.3 Å². The van der Waals surface area contributed by atoms with Gasteiger partial charge in [0.05, 0.1) is 22.1 Å². The molecule has 8 heteroatoms. The van der Waals surface area contributed by atoms with Crippen molar-refractivity contribution >= 4 is 28.5 Å². The Hall–Kier alpha value is -2.90. The molecule has 2 heterocycles. The van der Waals surface area contributed by atoms with E-state index in [1.165, 1.54) is 24.3 Å². The van der Waals surface area contributed by atoms with E-state index in [2.05, 4.69) is 5.32 Å². The smallest absolute Gasteiger partial charge is 0.260 e. The van der Waals surface area contributed by atoms with Crippen molar-refractivity contribution in [3.63, 3.8) is 0 Å². The van der Waals surface area contributed by atoms with Crippen LogP contribution in [0, 0.1) is 12.7 Å². The number of ether oxygens (including phenoxy) is 2. The summed E-state index contributed by atoms with van der Waals surface area (Å²) in [7, 11) is 0. The van der Waals surface area contributed by atoms with Crippen LogP contribution in [0.3, 0.4) is 0 Å². The van der Waals surface area contributed by atoms with Crippen LogP contribution in [0.25, 0.3) is 22.1 Å². The van der Waals surface area contributed by atoms with E-state index in [0.717, 1.165) is 19.4 Å². The van der Waals surface area contributed by atoms with E-state index in [1.807, 2.05) is 0 Å². The summed E-state index contributed by atoms with van der Waals surface area (Å²) in [6, 6.07) is 8.88. The van der Waals surface area contributed by atoms with Crippen molar-refractivity contribution < 1.29 is 23.1 Å². The largest absolute Gasteiger partial charge is 0.481 e. The topological polar surface area (TPSA) is 77.8 Å². The predicted octanol–water partition coefficient (Wildman–Crippen LogP) is 4.62. The molecule has 6 nitrogen and oxygen atoms in total. The van der Waals surface area contributed by atoms with Gasteiger partial charge in [-0.25, -0.2) is 4.39 Å². The Morgan fingerprint density at radius 1 is 1.31 bits per heavy atom. The van der Waals surface area contributed by atoms with Crippen LogP contribution in [-0.2, 0) is 9.53 Å². The molecule has 3 aromatic rings. The van der Waals surface area contributed by atoms with Gasteiger partial charge in [-0.05, 0) is 51.0 Å². The number of halogens is 2. The van der Waals surface area contributed by atoms with Crippen molar-refractivity contribution in [1.29, 1.82) is 0 Å². The summed E-state index contributed by atoms with van der Waals surface area (Å²) in [5.41, 5.74) is -0.0341. The van der Waals surface area contributed by atoms with Gasteiger partial charge in [0.15, 0.2) is 6.10 Å². The number of rotatable bonds is 6. The normalized spacial score (nSPS) is 16.8. The van der Waals surface area contributed by atoms with Crippen LogP contribution in [0.15, 0.2) is 45.6 Å². The molecule has 1 aromatic heterocycles. The van der Waals surface area contributed by atoms with E-state index in [9.17, 15) is 14.0 Å². The van der Waals surface area contributed by atoms with Crippen LogP contribution >= 0.6 is 11.6 Å². The van der Waals surface area contributed by atoms with Gasteiger partial charge in [-0.2, -0.15) is 0 Å². The summed E-state index contributed by atoms with van der Waals surface area (Å²) in [5, 5.41) is 3.21. The quantitative estimate of drug-likeness (QED) is 0.581. The van der Waals surface area contributed by atoms with Crippen LogP contribution in [-0.4, -0.2) is 31.3 Å². The zero-order chi connectivity index (χ0) is 22.8. The molecule has 1 saturated heterocycles. The van der Waals surface area contributed by atoms with Gasteiger partial charge in [0.2, 0.25) is 5.43 Å². The molecular formula is C24H23ClFNO5. The second-order valence-corrected chi connectivity index (χ2v) is 8.16. The van der Waals surface area contributed by atoms with Crippen molar-refractivity contribution in [1.82, 2.24) is 5.32 Å². The standard InChI is InChI=1S/C24H23ClFNO5/c1-13-21(22-18(25)6-3-7-19(22)26)23(28)17-9-8-15(11-20(17)32-13)31-14(2)24(29)27-12-16-5-4-10-30-16/h3,6-9,11,14,16H,4-5,10,12H2,1-2H3,(H,27,29)/t14-,16+/m1/s1. The summed E-state index contributed by atoms with van der Waals surface area (Å²) in [5.74, 6) is -0.261. The highest BCUT2D eigenvalue weighted by atomic mass is 35.5. The molecule has 1 N–H and O–H groups in total. The Balaban J connectivity index is 1.57. The molecule has 0 spiro atoms. The highest BCUT2D eigenvalue weighted by Crippen LogP contribution is 2.33. The SMILES string of the molecule is Cc1oc2cc(O[C@H](C)C(=O)NC[C@@H]3CCCO3)ccc2c(=O)c1-c1c(F)cccc1Cl. The molecule has 0 saturated carbocycles. The molecule has 2 aromatic carbocycles. The highest BCUT2D eigenvalue weighted by molar-refractivity contribution is 6.33. The lowest BCUT2D eigenvalue weighted by Gasteiger charge is -2.17. The zero-order valence-electron chi connectivity index (χ0n) is 17.7. The third-order valence-electron chi connectivity index (χ3n) is 5.46. The minimum atomic E-state index is -0.752. The number of amides is 1. The molecule has 1 amide bonds. The van der Waals surface area contributed by atoms with Crippen LogP contribution in [0.5, 0.6) is 5.75 Å².